The molecule has 0 aliphatic rings. The lowest BCUT2D eigenvalue weighted by atomic mass is 10.1. The zero-order chi connectivity index (χ0) is 14.3. The summed E-state index contributed by atoms with van der Waals surface area (Å²) in [6.07, 6.45) is 1.08. The standard InChI is InChI=1S/C14H22N2O3/c1-4-10(2)16-8-11-5-6-12(13(7-11)18-3)19-9-14(15)17/h5-7,10,16H,4,8-9H2,1-3H3,(H2,15,17)/t10-/m1/s1. The second-order valence-electron chi connectivity index (χ2n) is 4.43. The minimum absolute atomic E-state index is 0.152. The summed E-state index contributed by atoms with van der Waals surface area (Å²) >= 11 is 0. The van der Waals surface area contributed by atoms with E-state index >= 15 is 0 Å². The van der Waals surface area contributed by atoms with Gasteiger partial charge in [-0.25, -0.2) is 0 Å². The van der Waals surface area contributed by atoms with Gasteiger partial charge >= 0.3 is 0 Å². The predicted octanol–water partition coefficient (Wildman–Crippen LogP) is 1.45. The Morgan fingerprint density at radius 1 is 1.42 bits per heavy atom. The molecule has 1 rings (SSSR count). The molecule has 5 heteroatoms. The van der Waals surface area contributed by atoms with E-state index in [2.05, 4.69) is 19.2 Å². The summed E-state index contributed by atoms with van der Waals surface area (Å²) in [5.74, 6) is 0.614. The molecule has 0 bridgehead atoms. The number of ether oxygens (including phenoxy) is 2. The topological polar surface area (TPSA) is 73.6 Å². The fourth-order valence-corrected chi connectivity index (χ4v) is 1.53. The molecule has 0 unspecified atom stereocenters. The van der Waals surface area contributed by atoms with Crippen LogP contribution < -0.4 is 20.5 Å². The van der Waals surface area contributed by atoms with Gasteiger partial charge in [0.2, 0.25) is 0 Å². The van der Waals surface area contributed by atoms with E-state index in [1.54, 1.807) is 13.2 Å². The average Bonchev–Trinajstić information content (AvgIpc) is 2.42. The zero-order valence-corrected chi connectivity index (χ0v) is 11.7. The van der Waals surface area contributed by atoms with Gasteiger partial charge < -0.3 is 20.5 Å². The van der Waals surface area contributed by atoms with E-state index in [-0.39, 0.29) is 6.61 Å². The SMILES string of the molecule is CC[C@@H](C)NCc1ccc(OCC(N)=O)c(OC)c1. The van der Waals surface area contributed by atoms with E-state index in [0.717, 1.165) is 18.5 Å². The number of carbonyl (C=O) groups excluding carboxylic acids is 1. The first-order valence-corrected chi connectivity index (χ1v) is 6.38. The normalized spacial score (nSPS) is 11.9. The van der Waals surface area contributed by atoms with Crippen LogP contribution in [0, 0.1) is 0 Å². The molecule has 1 atom stereocenters. The number of carbonyl (C=O) groups is 1. The molecule has 106 valence electrons. The lowest BCUT2D eigenvalue weighted by molar-refractivity contribution is -0.119. The van der Waals surface area contributed by atoms with Gasteiger partial charge in [0.15, 0.2) is 18.1 Å². The van der Waals surface area contributed by atoms with Crippen molar-refractivity contribution in [2.45, 2.75) is 32.9 Å². The summed E-state index contributed by atoms with van der Waals surface area (Å²) in [5, 5.41) is 3.40. The summed E-state index contributed by atoms with van der Waals surface area (Å²) in [6.45, 7) is 4.89. The highest BCUT2D eigenvalue weighted by molar-refractivity contribution is 5.75. The van der Waals surface area contributed by atoms with Crippen molar-refractivity contribution in [2.24, 2.45) is 5.73 Å². The van der Waals surface area contributed by atoms with Crippen molar-refractivity contribution in [3.8, 4) is 11.5 Å². The van der Waals surface area contributed by atoms with Gasteiger partial charge in [0.25, 0.3) is 5.91 Å². The van der Waals surface area contributed by atoms with Gasteiger partial charge in [0, 0.05) is 12.6 Å². The van der Waals surface area contributed by atoms with E-state index in [9.17, 15) is 4.79 Å². The first-order chi connectivity index (χ1) is 9.06. The molecule has 0 heterocycles. The third-order valence-electron chi connectivity index (χ3n) is 2.86. The minimum Gasteiger partial charge on any atom is -0.493 e. The summed E-state index contributed by atoms with van der Waals surface area (Å²) in [7, 11) is 1.57. The highest BCUT2D eigenvalue weighted by atomic mass is 16.5. The van der Waals surface area contributed by atoms with Crippen molar-refractivity contribution < 1.29 is 14.3 Å². The third-order valence-corrected chi connectivity index (χ3v) is 2.86. The second kappa shape index (κ2) is 7.63. The van der Waals surface area contributed by atoms with Crippen LogP contribution in [0.3, 0.4) is 0 Å². The Morgan fingerprint density at radius 2 is 2.16 bits per heavy atom. The Labute approximate surface area is 114 Å². The number of primary amides is 1. The maximum absolute atomic E-state index is 10.7. The fraction of sp³-hybridized carbons (Fsp3) is 0.500. The molecular formula is C14H22N2O3. The Bertz CT molecular complexity index is 421. The Kier molecular flexibility index (Phi) is 6.15. The van der Waals surface area contributed by atoms with Crippen LogP contribution in [0.4, 0.5) is 0 Å². The van der Waals surface area contributed by atoms with E-state index in [1.165, 1.54) is 0 Å². The molecule has 1 aromatic carbocycles. The molecule has 0 spiro atoms. The van der Waals surface area contributed by atoms with Crippen LogP contribution in [0.5, 0.6) is 11.5 Å². The smallest absolute Gasteiger partial charge is 0.255 e. The first-order valence-electron chi connectivity index (χ1n) is 6.38. The fourth-order valence-electron chi connectivity index (χ4n) is 1.53. The zero-order valence-electron chi connectivity index (χ0n) is 11.7. The van der Waals surface area contributed by atoms with Gasteiger partial charge in [-0.15, -0.1) is 0 Å². The number of hydrogen-bond acceptors (Lipinski definition) is 4. The van der Waals surface area contributed by atoms with Gasteiger partial charge in [-0.1, -0.05) is 13.0 Å². The van der Waals surface area contributed by atoms with Crippen LogP contribution in [0.2, 0.25) is 0 Å². The monoisotopic (exact) mass is 266 g/mol. The van der Waals surface area contributed by atoms with Crippen LogP contribution in [-0.2, 0) is 11.3 Å². The second-order valence-corrected chi connectivity index (χ2v) is 4.43. The van der Waals surface area contributed by atoms with Crippen molar-refractivity contribution in [1.29, 1.82) is 0 Å². The molecule has 0 fully saturated rings. The van der Waals surface area contributed by atoms with Gasteiger partial charge in [-0.05, 0) is 31.0 Å². The molecule has 0 saturated carbocycles. The summed E-state index contributed by atoms with van der Waals surface area (Å²) in [4.78, 5) is 10.7. The van der Waals surface area contributed by atoms with Crippen LogP contribution in [0.25, 0.3) is 0 Å². The van der Waals surface area contributed by atoms with Crippen molar-refractivity contribution in [2.75, 3.05) is 13.7 Å². The van der Waals surface area contributed by atoms with Crippen molar-refractivity contribution in [3.63, 3.8) is 0 Å². The largest absolute Gasteiger partial charge is 0.493 e. The van der Waals surface area contributed by atoms with Gasteiger partial charge in [0.1, 0.15) is 0 Å². The number of amides is 1. The molecular weight excluding hydrogens is 244 g/mol. The number of benzene rings is 1. The van der Waals surface area contributed by atoms with Gasteiger partial charge in [-0.2, -0.15) is 0 Å². The van der Waals surface area contributed by atoms with Crippen LogP contribution >= 0.6 is 0 Å². The first kappa shape index (κ1) is 15.3. The molecule has 0 aliphatic carbocycles. The number of rotatable bonds is 8. The van der Waals surface area contributed by atoms with Gasteiger partial charge in [0.05, 0.1) is 7.11 Å². The number of hydrogen-bond donors (Lipinski definition) is 2. The predicted molar refractivity (Wildman–Crippen MR) is 74.3 cm³/mol. The van der Waals surface area contributed by atoms with E-state index in [1.807, 2.05) is 12.1 Å². The molecule has 0 radical (unpaired) electrons. The van der Waals surface area contributed by atoms with Crippen molar-refractivity contribution >= 4 is 5.91 Å². The summed E-state index contributed by atoms with van der Waals surface area (Å²) in [5.41, 5.74) is 6.14. The molecule has 1 amide bonds. The van der Waals surface area contributed by atoms with E-state index in [0.29, 0.717) is 17.5 Å². The van der Waals surface area contributed by atoms with Gasteiger partial charge in [-0.3, -0.25) is 4.79 Å². The quantitative estimate of drug-likeness (QED) is 0.747. The minimum atomic E-state index is -0.510. The molecule has 0 aliphatic heterocycles. The maximum atomic E-state index is 10.7. The molecule has 1 aromatic rings. The van der Waals surface area contributed by atoms with Crippen molar-refractivity contribution in [3.05, 3.63) is 23.8 Å². The Balaban J connectivity index is 2.69. The average molecular weight is 266 g/mol. The molecule has 0 saturated heterocycles. The Morgan fingerprint density at radius 3 is 2.74 bits per heavy atom. The summed E-state index contributed by atoms with van der Waals surface area (Å²) in [6, 6.07) is 6.09. The third kappa shape index (κ3) is 5.18. The molecule has 3 N–H and O–H groups in total. The van der Waals surface area contributed by atoms with Crippen LogP contribution in [-0.4, -0.2) is 25.7 Å². The highest BCUT2D eigenvalue weighted by Crippen LogP contribution is 2.28. The van der Waals surface area contributed by atoms with E-state index in [4.69, 9.17) is 15.2 Å². The van der Waals surface area contributed by atoms with E-state index < -0.39 is 5.91 Å². The number of nitrogens with two attached hydrogens (primary N) is 1. The summed E-state index contributed by atoms with van der Waals surface area (Å²) < 4.78 is 10.5. The number of methoxy groups -OCH3 is 1. The lowest BCUT2D eigenvalue weighted by Crippen LogP contribution is -2.24. The van der Waals surface area contributed by atoms with Crippen LogP contribution in [0.1, 0.15) is 25.8 Å². The Hall–Kier alpha value is -1.75. The highest BCUT2D eigenvalue weighted by Gasteiger charge is 2.07. The molecule has 5 nitrogen and oxygen atoms in total. The lowest BCUT2D eigenvalue weighted by Gasteiger charge is -2.14. The molecule has 19 heavy (non-hydrogen) atoms. The maximum Gasteiger partial charge on any atom is 0.255 e. The number of nitrogens with one attached hydrogen (secondary N) is 1. The van der Waals surface area contributed by atoms with Crippen molar-refractivity contribution in [1.82, 2.24) is 5.32 Å². The van der Waals surface area contributed by atoms with Crippen LogP contribution in [0.15, 0.2) is 18.2 Å². The molecule has 0 aromatic heterocycles.